The Morgan fingerprint density at radius 2 is 0.812 bits per heavy atom. The van der Waals surface area contributed by atoms with E-state index in [1.165, 1.54) is 21.2 Å². The monoisotopic (exact) mass is 458 g/mol. The summed E-state index contributed by atoms with van der Waals surface area (Å²) in [7, 11) is 2.43. The second-order valence-electron chi connectivity index (χ2n) is 7.32. The van der Waals surface area contributed by atoms with E-state index in [0.29, 0.717) is 0 Å². The first-order valence-electron chi connectivity index (χ1n) is 10.7. The zero-order chi connectivity index (χ0) is 22.2. The van der Waals surface area contributed by atoms with E-state index in [0.717, 1.165) is 23.8 Å². The molecule has 0 aliphatic carbocycles. The molecule has 1 unspecified atom stereocenters. The van der Waals surface area contributed by atoms with Crippen LogP contribution in [0.1, 0.15) is 0 Å². The number of methoxy groups -OCH3 is 2. The first kappa shape index (κ1) is 22.5. The number of para-hydroxylation sites is 2. The van der Waals surface area contributed by atoms with Crippen LogP contribution in [-0.2, 0) is 0 Å². The molecular formula is C28H28O2P2. The standard InChI is InChI=1S/C28H28O2P2/c1-29-25-17-9-11-19-27(25)31(23-13-5-3-6-14-23)21-22-32(24-15-7-4-8-16-24)28-20-12-10-18-26(28)30-2/h3-20H,21-22H2,1-2H3/t31-,32?/m0/s1. The fraction of sp³-hybridized carbons (Fsp3) is 0.143. The van der Waals surface area contributed by atoms with E-state index in [-0.39, 0.29) is 0 Å². The van der Waals surface area contributed by atoms with Crippen molar-refractivity contribution in [1.82, 2.24) is 0 Å². The maximum absolute atomic E-state index is 5.76. The first-order chi connectivity index (χ1) is 15.8. The van der Waals surface area contributed by atoms with Gasteiger partial charge in [0.15, 0.2) is 0 Å². The quantitative estimate of drug-likeness (QED) is 0.318. The molecule has 0 aliphatic rings. The zero-order valence-corrected chi connectivity index (χ0v) is 20.3. The SMILES string of the molecule is COc1ccccc1P(CC[P@@](c1ccccc1)c1ccccc1OC)c1ccccc1. The van der Waals surface area contributed by atoms with Crippen molar-refractivity contribution in [2.75, 3.05) is 26.5 Å². The number of hydrogen-bond donors (Lipinski definition) is 0. The second kappa shape index (κ2) is 11.3. The highest BCUT2D eigenvalue weighted by Crippen LogP contribution is 2.44. The highest BCUT2D eigenvalue weighted by molar-refractivity contribution is 7.76. The van der Waals surface area contributed by atoms with Gasteiger partial charge in [-0.15, -0.1) is 0 Å². The Morgan fingerprint density at radius 1 is 0.469 bits per heavy atom. The molecule has 0 spiro atoms. The Kier molecular flexibility index (Phi) is 7.94. The summed E-state index contributed by atoms with van der Waals surface area (Å²) in [5, 5.41) is 5.38. The van der Waals surface area contributed by atoms with Crippen LogP contribution < -0.4 is 30.7 Å². The van der Waals surface area contributed by atoms with Crippen LogP contribution in [0, 0.1) is 0 Å². The van der Waals surface area contributed by atoms with E-state index in [1.807, 2.05) is 12.1 Å². The molecule has 4 aromatic carbocycles. The Hall–Kier alpha value is -2.66. The molecule has 32 heavy (non-hydrogen) atoms. The van der Waals surface area contributed by atoms with Gasteiger partial charge in [0.2, 0.25) is 0 Å². The molecule has 0 aliphatic heterocycles. The molecule has 2 nitrogen and oxygen atoms in total. The lowest BCUT2D eigenvalue weighted by Crippen LogP contribution is -2.21. The topological polar surface area (TPSA) is 18.5 Å². The van der Waals surface area contributed by atoms with Crippen LogP contribution in [0.5, 0.6) is 11.5 Å². The van der Waals surface area contributed by atoms with E-state index in [4.69, 9.17) is 9.47 Å². The molecular weight excluding hydrogens is 430 g/mol. The van der Waals surface area contributed by atoms with Gasteiger partial charge in [0, 0.05) is 10.6 Å². The third kappa shape index (κ3) is 5.21. The zero-order valence-electron chi connectivity index (χ0n) is 18.5. The summed E-state index contributed by atoms with van der Waals surface area (Å²) in [6.07, 6.45) is 2.16. The van der Waals surface area contributed by atoms with E-state index in [1.54, 1.807) is 14.2 Å². The van der Waals surface area contributed by atoms with Gasteiger partial charge in [-0.2, -0.15) is 0 Å². The third-order valence-electron chi connectivity index (χ3n) is 5.43. The van der Waals surface area contributed by atoms with E-state index in [2.05, 4.69) is 97.1 Å². The van der Waals surface area contributed by atoms with Gasteiger partial charge in [-0.25, -0.2) is 0 Å². The predicted molar refractivity (Wildman–Crippen MR) is 141 cm³/mol. The lowest BCUT2D eigenvalue weighted by Gasteiger charge is -2.25. The number of benzene rings is 4. The normalized spacial score (nSPS) is 12.7. The Bertz CT molecular complexity index is 1030. The molecule has 2 atom stereocenters. The minimum absolute atomic E-state index is 0.554. The smallest absolute Gasteiger partial charge is 0.126 e. The maximum atomic E-state index is 5.76. The van der Waals surface area contributed by atoms with Crippen LogP contribution >= 0.6 is 15.8 Å². The second-order valence-corrected chi connectivity index (χ2v) is 11.9. The van der Waals surface area contributed by atoms with Crippen LogP contribution in [0.2, 0.25) is 0 Å². The van der Waals surface area contributed by atoms with E-state index >= 15 is 0 Å². The van der Waals surface area contributed by atoms with Crippen molar-refractivity contribution in [1.29, 1.82) is 0 Å². The minimum Gasteiger partial charge on any atom is -0.496 e. The first-order valence-corrected chi connectivity index (χ1v) is 13.8. The fourth-order valence-electron chi connectivity index (χ4n) is 3.90. The lowest BCUT2D eigenvalue weighted by molar-refractivity contribution is 0.418. The maximum Gasteiger partial charge on any atom is 0.126 e. The van der Waals surface area contributed by atoms with Gasteiger partial charge in [0.1, 0.15) is 11.5 Å². The van der Waals surface area contributed by atoms with Crippen LogP contribution in [0.25, 0.3) is 0 Å². The summed E-state index contributed by atoms with van der Waals surface area (Å²) >= 11 is 0. The lowest BCUT2D eigenvalue weighted by atomic mass is 10.3. The third-order valence-corrected chi connectivity index (χ3v) is 10.9. The molecule has 4 heteroatoms. The molecule has 162 valence electrons. The summed E-state index contributed by atoms with van der Waals surface area (Å²) < 4.78 is 11.5. The van der Waals surface area contributed by atoms with Gasteiger partial charge in [-0.1, -0.05) is 97.1 Å². The van der Waals surface area contributed by atoms with Crippen LogP contribution in [0.4, 0.5) is 0 Å². The largest absolute Gasteiger partial charge is 0.496 e. The van der Waals surface area contributed by atoms with E-state index in [9.17, 15) is 0 Å². The van der Waals surface area contributed by atoms with Gasteiger partial charge in [0.25, 0.3) is 0 Å². The molecule has 0 amide bonds. The molecule has 0 saturated carbocycles. The number of hydrogen-bond acceptors (Lipinski definition) is 2. The van der Waals surface area contributed by atoms with Crippen molar-refractivity contribution in [2.45, 2.75) is 0 Å². The van der Waals surface area contributed by atoms with Crippen LogP contribution in [-0.4, -0.2) is 26.5 Å². The van der Waals surface area contributed by atoms with Crippen molar-refractivity contribution in [3.8, 4) is 11.5 Å². The molecule has 0 radical (unpaired) electrons. The minimum atomic E-state index is -0.554. The number of rotatable bonds is 9. The summed E-state index contributed by atoms with van der Waals surface area (Å²) in [6, 6.07) is 38.7. The Morgan fingerprint density at radius 3 is 1.19 bits per heavy atom. The van der Waals surface area contributed by atoms with E-state index < -0.39 is 15.8 Å². The Labute approximate surface area is 193 Å². The van der Waals surface area contributed by atoms with Crippen molar-refractivity contribution in [3.63, 3.8) is 0 Å². The average molecular weight is 458 g/mol. The van der Waals surface area contributed by atoms with Gasteiger partial charge in [0.05, 0.1) is 14.2 Å². The molecule has 0 bridgehead atoms. The van der Waals surface area contributed by atoms with Gasteiger partial charge < -0.3 is 9.47 Å². The Balaban J connectivity index is 1.72. The average Bonchev–Trinajstić information content (AvgIpc) is 2.88. The number of ether oxygens (including phenoxy) is 2. The molecule has 0 heterocycles. The highest BCUT2D eigenvalue weighted by atomic mass is 31.1. The molecule has 0 aromatic heterocycles. The van der Waals surface area contributed by atoms with Gasteiger partial charge in [-0.05, 0) is 50.9 Å². The van der Waals surface area contributed by atoms with Crippen LogP contribution in [0.15, 0.2) is 109 Å². The molecule has 0 saturated heterocycles. The molecule has 0 N–H and O–H groups in total. The van der Waals surface area contributed by atoms with Gasteiger partial charge >= 0.3 is 0 Å². The fourth-order valence-corrected chi connectivity index (χ4v) is 9.51. The predicted octanol–water partition coefficient (Wildman–Crippen LogP) is 5.27. The molecule has 0 fully saturated rings. The highest BCUT2D eigenvalue weighted by Gasteiger charge is 2.23. The summed E-state index contributed by atoms with van der Waals surface area (Å²) in [5.41, 5.74) is 0. The van der Waals surface area contributed by atoms with Crippen molar-refractivity contribution in [2.24, 2.45) is 0 Å². The van der Waals surface area contributed by atoms with Crippen molar-refractivity contribution < 1.29 is 9.47 Å². The van der Waals surface area contributed by atoms with Crippen molar-refractivity contribution in [3.05, 3.63) is 109 Å². The molecule has 4 aromatic rings. The van der Waals surface area contributed by atoms with Gasteiger partial charge in [-0.3, -0.25) is 0 Å². The summed E-state index contributed by atoms with van der Waals surface area (Å²) in [4.78, 5) is 0. The van der Waals surface area contributed by atoms with Crippen molar-refractivity contribution >= 4 is 37.1 Å². The summed E-state index contributed by atoms with van der Waals surface area (Å²) in [5.74, 6) is 1.95. The molecule has 4 rings (SSSR count). The summed E-state index contributed by atoms with van der Waals surface area (Å²) in [6.45, 7) is 0. The van der Waals surface area contributed by atoms with Crippen LogP contribution in [0.3, 0.4) is 0 Å².